The van der Waals surface area contributed by atoms with Crippen molar-refractivity contribution < 1.29 is 119 Å². The molecule has 0 amide bonds. The van der Waals surface area contributed by atoms with E-state index < -0.39 is 0 Å². The molecular weight excluding hydrogens is 646 g/mol. The second kappa shape index (κ2) is 23.4. The van der Waals surface area contributed by atoms with Crippen molar-refractivity contribution in [3.63, 3.8) is 0 Å². The summed E-state index contributed by atoms with van der Waals surface area (Å²) in [7, 11) is 0. The van der Waals surface area contributed by atoms with Crippen molar-refractivity contribution >= 4 is 35.2 Å². The molecule has 0 unspecified atom stereocenters. The molecule has 4 aromatic heterocycles. The topological polar surface area (TPSA) is 148 Å². The van der Waals surface area contributed by atoms with Crippen LogP contribution in [0.25, 0.3) is 11.3 Å². The minimum atomic E-state index is -0.181. The zero-order valence-electron chi connectivity index (χ0n) is 28.8. The Bertz CT molecular complexity index is 1400. The van der Waals surface area contributed by atoms with E-state index in [4.69, 9.17) is 27.4 Å². The summed E-state index contributed by atoms with van der Waals surface area (Å²) in [4.78, 5) is 20.3. The molecule has 4 heterocycles. The Morgan fingerprint density at radius 2 is 1.36 bits per heavy atom. The maximum atomic E-state index is 8.64. The van der Waals surface area contributed by atoms with Gasteiger partial charge in [0, 0.05) is 41.7 Å². The third kappa shape index (κ3) is 14.6. The van der Waals surface area contributed by atoms with Crippen LogP contribution in [0, 0.1) is 0 Å². The summed E-state index contributed by atoms with van der Waals surface area (Å²) in [6.07, 6.45) is 16.8. The molecule has 0 saturated heterocycles. The van der Waals surface area contributed by atoms with Crippen molar-refractivity contribution in [3.8, 4) is 0 Å². The van der Waals surface area contributed by atoms with Gasteiger partial charge in [-0.25, -0.2) is 14.5 Å². The molecule has 3 N–H and O–H groups in total. The Morgan fingerprint density at radius 3 is 1.82 bits per heavy atom. The van der Waals surface area contributed by atoms with Gasteiger partial charge in [0.25, 0.3) is 6.47 Å². The maximum absolute atomic E-state index is 8.64. The standard InChI is InChI=1S/C15H22N4.C9H10ClN3.C6H13N.CH2O3.2K.H/c1-11(2)13-10-15(17-12-6-4-3-5-7-12)19-14(18-13)8-9-16-19;1-6(2)7-5-8(10)13-9(12-7)3-4-11-13;7-6-4-2-1-3-5-6;2-1-4-3;;;/h8-12,17H,3-7H2,1-2H3;3-6H,1-2H3;6H,1-5,7H2;1,3H;;;/q;;;;2*+1;-1/p-1. The molecule has 45 heavy (non-hydrogen) atoms. The van der Waals surface area contributed by atoms with Crippen LogP contribution in [0.1, 0.15) is 117 Å². The summed E-state index contributed by atoms with van der Waals surface area (Å²) in [6.45, 7) is 8.36. The molecule has 0 atom stereocenters. The van der Waals surface area contributed by atoms with Gasteiger partial charge in [0.15, 0.2) is 11.3 Å². The number of rotatable bonds is 5. The second-order valence-corrected chi connectivity index (χ2v) is 12.0. The minimum Gasteiger partial charge on any atom is -1.00 e. The summed E-state index contributed by atoms with van der Waals surface area (Å²) in [5.74, 6) is 1.91. The molecule has 0 radical (unpaired) electrons. The van der Waals surface area contributed by atoms with Crippen LogP contribution < -0.4 is 119 Å². The second-order valence-electron chi connectivity index (χ2n) is 11.7. The number of aromatic nitrogens is 6. The smallest absolute Gasteiger partial charge is 1.00 e. The maximum Gasteiger partial charge on any atom is 1.00 e. The van der Waals surface area contributed by atoms with Gasteiger partial charge in [0.05, 0.1) is 12.4 Å². The Balaban J connectivity index is 0.000000654. The molecule has 0 bridgehead atoms. The van der Waals surface area contributed by atoms with E-state index in [0.717, 1.165) is 28.5 Å². The molecule has 4 aromatic rings. The van der Waals surface area contributed by atoms with Crippen LogP contribution in [-0.2, 0) is 9.68 Å². The summed E-state index contributed by atoms with van der Waals surface area (Å²) in [5.41, 5.74) is 9.50. The zero-order valence-corrected chi connectivity index (χ0v) is 34.8. The number of hydrogen-bond donors (Lipinski definition) is 2. The molecule has 0 spiro atoms. The number of carbonyl (C=O) groups excluding carboxylic acids is 1. The average Bonchev–Trinajstić information content (AvgIpc) is 3.69. The van der Waals surface area contributed by atoms with Crippen molar-refractivity contribution in [2.75, 3.05) is 5.32 Å². The fraction of sp³-hybridized carbons (Fsp3) is 0.581. The molecule has 2 aliphatic carbocycles. The number of fused-ring (bicyclic) bond motifs is 2. The fourth-order valence-electron chi connectivity index (χ4n) is 5.11. The summed E-state index contributed by atoms with van der Waals surface area (Å²) in [5, 5.41) is 21.1. The number of anilines is 1. The molecule has 11 nitrogen and oxygen atoms in total. The van der Waals surface area contributed by atoms with Gasteiger partial charge < -0.3 is 22.6 Å². The predicted octanol–water partition coefficient (Wildman–Crippen LogP) is -0.0636. The first-order valence-corrected chi connectivity index (χ1v) is 15.7. The zero-order chi connectivity index (χ0) is 31.2. The van der Waals surface area contributed by atoms with Crippen molar-refractivity contribution in [1.29, 1.82) is 0 Å². The van der Waals surface area contributed by atoms with Crippen molar-refractivity contribution in [3.05, 3.63) is 53.2 Å². The first-order valence-electron chi connectivity index (χ1n) is 15.3. The number of halogens is 1. The van der Waals surface area contributed by atoms with Crippen LogP contribution in [-0.4, -0.2) is 47.8 Å². The van der Waals surface area contributed by atoms with E-state index in [1.807, 2.05) is 28.9 Å². The van der Waals surface area contributed by atoms with Crippen LogP contribution in [0.4, 0.5) is 5.82 Å². The average molecular weight is 693 g/mol. The molecule has 2 saturated carbocycles. The van der Waals surface area contributed by atoms with Gasteiger partial charge >= 0.3 is 103 Å². The molecule has 2 aliphatic rings. The van der Waals surface area contributed by atoms with Crippen molar-refractivity contribution in [1.82, 2.24) is 29.2 Å². The largest absolute Gasteiger partial charge is 1.00 e. The van der Waals surface area contributed by atoms with Gasteiger partial charge in [-0.15, -0.1) is 0 Å². The van der Waals surface area contributed by atoms with Gasteiger partial charge in [-0.05, 0) is 43.6 Å². The first kappa shape index (κ1) is 43.0. The van der Waals surface area contributed by atoms with Crippen LogP contribution in [0.5, 0.6) is 0 Å². The van der Waals surface area contributed by atoms with E-state index in [1.165, 1.54) is 64.2 Å². The molecule has 0 aromatic carbocycles. The Kier molecular flexibility index (Phi) is 22.3. The summed E-state index contributed by atoms with van der Waals surface area (Å²) >= 11 is 6.01. The normalized spacial score (nSPS) is 15.0. The summed E-state index contributed by atoms with van der Waals surface area (Å²) < 4.78 is 3.54. The van der Waals surface area contributed by atoms with Crippen molar-refractivity contribution in [2.24, 2.45) is 5.73 Å². The van der Waals surface area contributed by atoms with E-state index >= 15 is 0 Å². The van der Waals surface area contributed by atoms with Gasteiger partial charge in [0.1, 0.15) is 11.0 Å². The number of nitrogens with one attached hydrogen (secondary N) is 1. The SMILES string of the molecule is CC(C)c1cc(Cl)n2nccc2n1.CC(C)c1cc(NC2CCCCC2)n2nccc2n1.NC1CCCCC1.O=CO[O-].[H-].[K+].[K+]. The van der Waals surface area contributed by atoms with Crippen LogP contribution >= 0.6 is 11.6 Å². The van der Waals surface area contributed by atoms with Crippen LogP contribution in [0.3, 0.4) is 0 Å². The first-order chi connectivity index (χ1) is 20.7. The molecule has 14 heteroatoms. The van der Waals surface area contributed by atoms with Gasteiger partial charge in [0.2, 0.25) is 0 Å². The van der Waals surface area contributed by atoms with Gasteiger partial charge in [-0.1, -0.05) is 77.8 Å². The predicted molar refractivity (Wildman–Crippen MR) is 169 cm³/mol. The Hall–Kier alpha value is -0.00727. The van der Waals surface area contributed by atoms with E-state index in [0.29, 0.717) is 29.1 Å². The third-order valence-corrected chi connectivity index (χ3v) is 7.81. The number of nitrogens with two attached hydrogens (primary N) is 1. The van der Waals surface area contributed by atoms with E-state index in [2.05, 4.69) is 64.1 Å². The number of nitrogens with zero attached hydrogens (tertiary/aromatic N) is 6. The van der Waals surface area contributed by atoms with E-state index in [1.54, 1.807) is 10.7 Å². The molecule has 6 rings (SSSR count). The van der Waals surface area contributed by atoms with Crippen LogP contribution in [0.2, 0.25) is 5.15 Å². The van der Waals surface area contributed by atoms with Gasteiger partial charge in [-0.2, -0.15) is 14.7 Å². The Labute approximate surface area is 358 Å². The van der Waals surface area contributed by atoms with Gasteiger partial charge in [-0.3, -0.25) is 4.79 Å². The van der Waals surface area contributed by atoms with Crippen molar-refractivity contribution in [2.45, 2.75) is 116 Å². The Morgan fingerprint density at radius 1 is 0.889 bits per heavy atom. The van der Waals surface area contributed by atoms with Crippen LogP contribution in [0.15, 0.2) is 36.7 Å². The molecule has 238 valence electrons. The monoisotopic (exact) mass is 692 g/mol. The quantitative estimate of drug-likeness (QED) is 0.0965. The third-order valence-electron chi connectivity index (χ3n) is 7.54. The van der Waals surface area contributed by atoms with E-state index in [9.17, 15) is 0 Å². The number of carbonyl (C=O) groups is 1. The fourth-order valence-corrected chi connectivity index (χ4v) is 5.35. The number of hydrogen-bond acceptors (Lipinski definition) is 9. The molecule has 2 fully saturated rings. The molecular formula is C31H47ClK2N8O3. The van der Waals surface area contributed by atoms with E-state index in [-0.39, 0.29) is 111 Å². The summed E-state index contributed by atoms with van der Waals surface area (Å²) in [6, 6.07) is 8.94. The minimum absolute atomic E-state index is 0. The molecule has 0 aliphatic heterocycles.